The molecule has 0 heterocycles. The maximum atomic E-state index is 3.31. The second-order valence-corrected chi connectivity index (χ2v) is 4.41. The number of hydrogen-bond acceptors (Lipinski definition) is 1. The molecule has 0 aliphatic heterocycles. The van der Waals surface area contributed by atoms with Crippen molar-refractivity contribution in [1.82, 2.24) is 0 Å². The van der Waals surface area contributed by atoms with Crippen LogP contribution in [0.3, 0.4) is 0 Å². The SMILES string of the molecule is CCCSc1[c]cc2ccccc2c1. The first-order valence-corrected chi connectivity index (χ1v) is 5.92. The molecule has 2 aromatic carbocycles. The fraction of sp³-hybridized carbons (Fsp3) is 0.231. The highest BCUT2D eigenvalue weighted by atomic mass is 32.2. The van der Waals surface area contributed by atoms with Crippen LogP contribution >= 0.6 is 11.8 Å². The van der Waals surface area contributed by atoms with Gasteiger partial charge in [0.2, 0.25) is 0 Å². The first-order chi connectivity index (χ1) is 6.90. The van der Waals surface area contributed by atoms with Crippen LogP contribution in [0.15, 0.2) is 41.3 Å². The van der Waals surface area contributed by atoms with E-state index in [1.165, 1.54) is 27.8 Å². The molecular weight excluding hydrogens is 188 g/mol. The minimum atomic E-state index is 1.18. The zero-order chi connectivity index (χ0) is 9.80. The van der Waals surface area contributed by atoms with Gasteiger partial charge in [-0.2, -0.15) is 0 Å². The van der Waals surface area contributed by atoms with Crippen molar-refractivity contribution in [2.75, 3.05) is 5.75 Å². The molecule has 0 atom stereocenters. The fourth-order valence-corrected chi connectivity index (χ4v) is 2.18. The predicted octanol–water partition coefficient (Wildman–Crippen LogP) is 4.14. The smallest absolute Gasteiger partial charge is 0.0157 e. The van der Waals surface area contributed by atoms with Gasteiger partial charge in [-0.05, 0) is 41.1 Å². The number of fused-ring (bicyclic) bond motifs is 1. The van der Waals surface area contributed by atoms with E-state index < -0.39 is 0 Å². The molecule has 0 fully saturated rings. The van der Waals surface area contributed by atoms with Crippen molar-refractivity contribution in [1.29, 1.82) is 0 Å². The monoisotopic (exact) mass is 201 g/mol. The van der Waals surface area contributed by atoms with E-state index in [0.29, 0.717) is 0 Å². The zero-order valence-corrected chi connectivity index (χ0v) is 9.10. The summed E-state index contributed by atoms with van der Waals surface area (Å²) in [6.07, 6.45) is 1.21. The van der Waals surface area contributed by atoms with Crippen LogP contribution in [-0.2, 0) is 0 Å². The molecule has 2 aromatic rings. The third-order valence-electron chi connectivity index (χ3n) is 2.11. The number of thioether (sulfide) groups is 1. The second kappa shape index (κ2) is 4.52. The second-order valence-electron chi connectivity index (χ2n) is 3.27. The van der Waals surface area contributed by atoms with Gasteiger partial charge in [0, 0.05) is 4.90 Å². The Kier molecular flexibility index (Phi) is 3.10. The van der Waals surface area contributed by atoms with Crippen molar-refractivity contribution in [2.45, 2.75) is 18.2 Å². The zero-order valence-electron chi connectivity index (χ0n) is 8.29. The average molecular weight is 201 g/mol. The summed E-state index contributed by atoms with van der Waals surface area (Å²) in [6.45, 7) is 2.20. The van der Waals surface area contributed by atoms with Crippen molar-refractivity contribution >= 4 is 22.5 Å². The molecule has 0 bridgehead atoms. The summed E-state index contributed by atoms with van der Waals surface area (Å²) in [5.41, 5.74) is 0. The Morgan fingerprint density at radius 3 is 2.79 bits per heavy atom. The molecule has 2 rings (SSSR count). The van der Waals surface area contributed by atoms with Crippen molar-refractivity contribution in [2.24, 2.45) is 0 Å². The highest BCUT2D eigenvalue weighted by Crippen LogP contribution is 2.23. The Balaban J connectivity index is 2.32. The molecule has 1 heteroatoms. The minimum absolute atomic E-state index is 1.18. The summed E-state index contributed by atoms with van der Waals surface area (Å²) >= 11 is 1.88. The molecule has 1 radical (unpaired) electrons. The predicted molar refractivity (Wildman–Crippen MR) is 63.8 cm³/mol. The van der Waals surface area contributed by atoms with E-state index in [-0.39, 0.29) is 0 Å². The summed E-state index contributed by atoms with van der Waals surface area (Å²) < 4.78 is 0. The first-order valence-electron chi connectivity index (χ1n) is 4.93. The van der Waals surface area contributed by atoms with Gasteiger partial charge in [-0.1, -0.05) is 31.2 Å². The van der Waals surface area contributed by atoms with E-state index in [2.05, 4.69) is 49.4 Å². The molecule has 0 nitrogen and oxygen atoms in total. The largest absolute Gasteiger partial charge is 0.126 e. The Morgan fingerprint density at radius 1 is 1.21 bits per heavy atom. The van der Waals surface area contributed by atoms with Crippen molar-refractivity contribution in [3.8, 4) is 0 Å². The van der Waals surface area contributed by atoms with Gasteiger partial charge in [0.1, 0.15) is 0 Å². The Hall–Kier alpha value is -0.950. The molecular formula is C13H13S. The van der Waals surface area contributed by atoms with Gasteiger partial charge in [-0.3, -0.25) is 0 Å². The molecule has 0 saturated carbocycles. The van der Waals surface area contributed by atoms with Crippen LogP contribution in [0.25, 0.3) is 10.8 Å². The standard InChI is InChI=1S/C13H13S/c1-2-9-14-13-8-7-11-5-3-4-6-12(11)10-13/h3-7,10H,2,9H2,1H3. The summed E-state index contributed by atoms with van der Waals surface area (Å²) in [7, 11) is 0. The summed E-state index contributed by atoms with van der Waals surface area (Å²) in [5, 5.41) is 2.58. The van der Waals surface area contributed by atoms with E-state index >= 15 is 0 Å². The van der Waals surface area contributed by atoms with E-state index in [1.807, 2.05) is 11.8 Å². The van der Waals surface area contributed by atoms with E-state index in [1.54, 1.807) is 0 Å². The van der Waals surface area contributed by atoms with E-state index in [0.717, 1.165) is 0 Å². The normalized spacial score (nSPS) is 10.6. The molecule has 0 saturated heterocycles. The summed E-state index contributed by atoms with van der Waals surface area (Å²) in [6, 6.07) is 16.0. The average Bonchev–Trinajstić information content (AvgIpc) is 2.26. The molecule has 0 spiro atoms. The molecule has 14 heavy (non-hydrogen) atoms. The highest BCUT2D eigenvalue weighted by molar-refractivity contribution is 7.99. The maximum absolute atomic E-state index is 3.31. The quantitative estimate of drug-likeness (QED) is 0.672. The van der Waals surface area contributed by atoms with Gasteiger partial charge >= 0.3 is 0 Å². The van der Waals surface area contributed by atoms with Crippen molar-refractivity contribution in [3.05, 3.63) is 42.5 Å². The third kappa shape index (κ3) is 2.10. The maximum Gasteiger partial charge on any atom is 0.0157 e. The third-order valence-corrected chi connectivity index (χ3v) is 3.27. The van der Waals surface area contributed by atoms with Gasteiger partial charge in [-0.15, -0.1) is 11.8 Å². The van der Waals surface area contributed by atoms with Crippen LogP contribution in [0.4, 0.5) is 0 Å². The lowest BCUT2D eigenvalue weighted by molar-refractivity contribution is 1.10. The number of rotatable bonds is 3. The van der Waals surface area contributed by atoms with Gasteiger partial charge in [0.15, 0.2) is 0 Å². The Morgan fingerprint density at radius 2 is 2.00 bits per heavy atom. The lowest BCUT2D eigenvalue weighted by atomic mass is 10.1. The van der Waals surface area contributed by atoms with Crippen LogP contribution in [-0.4, -0.2) is 5.75 Å². The Labute approximate surface area is 89.3 Å². The van der Waals surface area contributed by atoms with Crippen LogP contribution in [0.1, 0.15) is 13.3 Å². The number of benzene rings is 2. The van der Waals surface area contributed by atoms with Gasteiger partial charge < -0.3 is 0 Å². The Bertz CT molecular complexity index is 420. The lowest BCUT2D eigenvalue weighted by Crippen LogP contribution is -1.77. The van der Waals surface area contributed by atoms with Crippen LogP contribution < -0.4 is 0 Å². The summed E-state index contributed by atoms with van der Waals surface area (Å²) in [5.74, 6) is 1.18. The van der Waals surface area contributed by atoms with Crippen molar-refractivity contribution < 1.29 is 0 Å². The number of hydrogen-bond donors (Lipinski definition) is 0. The van der Waals surface area contributed by atoms with Gasteiger partial charge in [0.05, 0.1) is 0 Å². The minimum Gasteiger partial charge on any atom is -0.126 e. The first kappa shape index (κ1) is 9.60. The molecule has 0 N–H and O–H groups in total. The summed E-state index contributed by atoms with van der Waals surface area (Å²) in [4.78, 5) is 1.26. The molecule has 0 unspecified atom stereocenters. The molecule has 0 aliphatic rings. The topological polar surface area (TPSA) is 0 Å². The van der Waals surface area contributed by atoms with Crippen LogP contribution in [0, 0.1) is 6.07 Å². The molecule has 71 valence electrons. The lowest BCUT2D eigenvalue weighted by Gasteiger charge is -2.01. The van der Waals surface area contributed by atoms with Gasteiger partial charge in [-0.25, -0.2) is 0 Å². The fourth-order valence-electron chi connectivity index (χ4n) is 1.40. The van der Waals surface area contributed by atoms with E-state index in [9.17, 15) is 0 Å². The highest BCUT2D eigenvalue weighted by Gasteiger charge is 1.96. The van der Waals surface area contributed by atoms with Gasteiger partial charge in [0.25, 0.3) is 0 Å². The molecule has 0 amide bonds. The van der Waals surface area contributed by atoms with E-state index in [4.69, 9.17) is 0 Å². The van der Waals surface area contributed by atoms with Crippen LogP contribution in [0.2, 0.25) is 0 Å². The molecule has 0 aromatic heterocycles. The van der Waals surface area contributed by atoms with Crippen molar-refractivity contribution in [3.63, 3.8) is 0 Å². The molecule has 0 aliphatic carbocycles. The van der Waals surface area contributed by atoms with Crippen LogP contribution in [0.5, 0.6) is 0 Å².